The van der Waals surface area contributed by atoms with Gasteiger partial charge in [-0.05, 0) is 33.2 Å². The second-order valence-corrected chi connectivity index (χ2v) is 5.44. The summed E-state index contributed by atoms with van der Waals surface area (Å²) >= 11 is 0. The zero-order valence-corrected chi connectivity index (χ0v) is 12.6. The Balaban J connectivity index is 2.10. The second kappa shape index (κ2) is 6.65. The Morgan fingerprint density at radius 3 is 2.81 bits per heavy atom. The van der Waals surface area contributed by atoms with Gasteiger partial charge in [0.05, 0.1) is 22.9 Å². The van der Waals surface area contributed by atoms with Gasteiger partial charge in [0.15, 0.2) is 0 Å². The molecule has 0 aliphatic heterocycles. The number of carbonyl (C=O) groups excluding carboxylic acids is 1. The summed E-state index contributed by atoms with van der Waals surface area (Å²) in [4.78, 5) is 18.5. The highest BCUT2D eigenvalue weighted by Crippen LogP contribution is 2.16. The summed E-state index contributed by atoms with van der Waals surface area (Å²) in [5, 5.41) is 13.5. The molecule has 0 spiro atoms. The van der Waals surface area contributed by atoms with Crippen LogP contribution in [0.4, 0.5) is 0 Å². The first-order valence-electron chi connectivity index (χ1n) is 6.94. The molecular weight excluding hydrogens is 266 g/mol. The van der Waals surface area contributed by atoms with Gasteiger partial charge in [0.2, 0.25) is 0 Å². The van der Waals surface area contributed by atoms with Crippen molar-refractivity contribution in [2.45, 2.75) is 13.0 Å². The van der Waals surface area contributed by atoms with Crippen molar-refractivity contribution in [3.05, 3.63) is 41.6 Å². The highest BCUT2D eigenvalue weighted by atomic mass is 16.3. The predicted molar refractivity (Wildman–Crippen MR) is 83.4 cm³/mol. The molecule has 2 rings (SSSR count). The highest BCUT2D eigenvalue weighted by molar-refractivity contribution is 5.98. The average molecular weight is 287 g/mol. The van der Waals surface area contributed by atoms with Crippen LogP contribution < -0.4 is 5.32 Å². The van der Waals surface area contributed by atoms with Crippen LogP contribution in [0.5, 0.6) is 0 Å². The number of amides is 1. The van der Waals surface area contributed by atoms with Crippen LogP contribution in [0.15, 0.2) is 30.3 Å². The lowest BCUT2D eigenvalue weighted by molar-refractivity contribution is 0.0891. The monoisotopic (exact) mass is 287 g/mol. The summed E-state index contributed by atoms with van der Waals surface area (Å²) in [6.07, 6.45) is -0.585. The molecule has 5 nitrogen and oxygen atoms in total. The number of hydrogen-bond acceptors (Lipinski definition) is 4. The standard InChI is InChI=1S/C16H21N3O2/c1-11-14(8-12-6-4-5-7-15(12)18-11)16(21)17-9-13(20)10-19(2)3/h4-8,13,20H,9-10H2,1-3H3,(H,17,21). The van der Waals surface area contributed by atoms with E-state index in [9.17, 15) is 9.90 Å². The summed E-state index contributed by atoms with van der Waals surface area (Å²) in [5.41, 5.74) is 2.11. The summed E-state index contributed by atoms with van der Waals surface area (Å²) in [6, 6.07) is 9.53. The number of nitrogens with one attached hydrogen (secondary N) is 1. The van der Waals surface area contributed by atoms with Gasteiger partial charge in [-0.25, -0.2) is 0 Å². The molecule has 112 valence electrons. The van der Waals surface area contributed by atoms with Gasteiger partial charge in [-0.15, -0.1) is 0 Å². The number of carbonyl (C=O) groups is 1. The van der Waals surface area contributed by atoms with E-state index in [2.05, 4.69) is 10.3 Å². The largest absolute Gasteiger partial charge is 0.390 e. The molecule has 2 N–H and O–H groups in total. The molecule has 1 unspecified atom stereocenters. The fourth-order valence-corrected chi connectivity index (χ4v) is 2.23. The lowest BCUT2D eigenvalue weighted by atomic mass is 10.1. The maximum absolute atomic E-state index is 12.2. The van der Waals surface area contributed by atoms with Crippen molar-refractivity contribution >= 4 is 16.8 Å². The zero-order chi connectivity index (χ0) is 15.4. The SMILES string of the molecule is Cc1nc2ccccc2cc1C(=O)NCC(O)CN(C)C. The van der Waals surface area contributed by atoms with Crippen LogP contribution in [-0.2, 0) is 0 Å². The highest BCUT2D eigenvalue weighted by Gasteiger charge is 2.13. The fraction of sp³-hybridized carbons (Fsp3) is 0.375. The molecule has 0 saturated heterocycles. The number of para-hydroxylation sites is 1. The molecule has 0 radical (unpaired) electrons. The van der Waals surface area contributed by atoms with E-state index in [0.29, 0.717) is 17.8 Å². The van der Waals surface area contributed by atoms with Gasteiger partial charge < -0.3 is 15.3 Å². The van der Waals surface area contributed by atoms with E-state index in [4.69, 9.17) is 0 Å². The molecule has 1 aromatic carbocycles. The third-order valence-electron chi connectivity index (χ3n) is 3.23. The van der Waals surface area contributed by atoms with Crippen LogP contribution in [0.25, 0.3) is 10.9 Å². The van der Waals surface area contributed by atoms with Gasteiger partial charge in [-0.2, -0.15) is 0 Å². The molecule has 0 aliphatic rings. The van der Waals surface area contributed by atoms with E-state index in [0.717, 1.165) is 10.9 Å². The van der Waals surface area contributed by atoms with Crippen molar-refractivity contribution < 1.29 is 9.90 Å². The molecule has 1 amide bonds. The topological polar surface area (TPSA) is 65.5 Å². The molecule has 1 aromatic heterocycles. The molecular formula is C16H21N3O2. The average Bonchev–Trinajstić information content (AvgIpc) is 2.43. The van der Waals surface area contributed by atoms with Crippen molar-refractivity contribution in [2.24, 2.45) is 0 Å². The number of rotatable bonds is 5. The van der Waals surface area contributed by atoms with Crippen molar-refractivity contribution in [1.82, 2.24) is 15.2 Å². The fourth-order valence-electron chi connectivity index (χ4n) is 2.23. The summed E-state index contributed by atoms with van der Waals surface area (Å²) < 4.78 is 0. The Kier molecular flexibility index (Phi) is 4.88. The van der Waals surface area contributed by atoms with Gasteiger partial charge in [-0.1, -0.05) is 18.2 Å². The van der Waals surface area contributed by atoms with Crippen LogP contribution in [-0.4, -0.2) is 54.2 Å². The predicted octanol–water partition coefficient (Wildman–Crippen LogP) is 1.20. The van der Waals surface area contributed by atoms with Crippen LogP contribution in [0, 0.1) is 6.92 Å². The number of aliphatic hydroxyl groups excluding tert-OH is 1. The first-order chi connectivity index (χ1) is 9.97. The minimum Gasteiger partial charge on any atom is -0.390 e. The van der Waals surface area contributed by atoms with E-state index in [1.165, 1.54) is 0 Å². The van der Waals surface area contributed by atoms with Crippen LogP contribution in [0.3, 0.4) is 0 Å². The summed E-state index contributed by atoms with van der Waals surface area (Å²) in [6.45, 7) is 2.55. The van der Waals surface area contributed by atoms with E-state index in [1.54, 1.807) is 0 Å². The normalized spacial score (nSPS) is 12.6. The van der Waals surface area contributed by atoms with Crippen molar-refractivity contribution in [3.63, 3.8) is 0 Å². The first-order valence-corrected chi connectivity index (χ1v) is 6.94. The molecule has 5 heteroatoms. The second-order valence-electron chi connectivity index (χ2n) is 5.44. The summed E-state index contributed by atoms with van der Waals surface area (Å²) in [7, 11) is 3.75. The number of pyridine rings is 1. The van der Waals surface area contributed by atoms with E-state index in [-0.39, 0.29) is 12.5 Å². The first kappa shape index (κ1) is 15.4. The Labute approximate surface area is 124 Å². The maximum atomic E-state index is 12.2. The van der Waals surface area contributed by atoms with Gasteiger partial charge in [-0.3, -0.25) is 9.78 Å². The lowest BCUT2D eigenvalue weighted by Gasteiger charge is -2.16. The molecule has 2 aromatic rings. The molecule has 0 bridgehead atoms. The maximum Gasteiger partial charge on any atom is 0.253 e. The number of aliphatic hydroxyl groups is 1. The van der Waals surface area contributed by atoms with Gasteiger partial charge in [0, 0.05) is 18.5 Å². The minimum absolute atomic E-state index is 0.205. The number of hydrogen-bond donors (Lipinski definition) is 2. The zero-order valence-electron chi connectivity index (χ0n) is 12.6. The smallest absolute Gasteiger partial charge is 0.253 e. The number of fused-ring (bicyclic) bond motifs is 1. The molecule has 1 heterocycles. The molecule has 0 aliphatic carbocycles. The van der Waals surface area contributed by atoms with E-state index < -0.39 is 6.10 Å². The van der Waals surface area contributed by atoms with Gasteiger partial charge in [0.25, 0.3) is 5.91 Å². The lowest BCUT2D eigenvalue weighted by Crippen LogP contribution is -2.38. The van der Waals surface area contributed by atoms with Crippen molar-refractivity contribution in [1.29, 1.82) is 0 Å². The quantitative estimate of drug-likeness (QED) is 0.867. The van der Waals surface area contributed by atoms with Crippen LogP contribution >= 0.6 is 0 Å². The Morgan fingerprint density at radius 1 is 1.38 bits per heavy atom. The number of aromatic nitrogens is 1. The van der Waals surface area contributed by atoms with Crippen molar-refractivity contribution in [3.8, 4) is 0 Å². The Hall–Kier alpha value is -1.98. The summed E-state index contributed by atoms with van der Waals surface area (Å²) in [5.74, 6) is -0.205. The number of nitrogens with zero attached hydrogens (tertiary/aromatic N) is 2. The molecule has 0 fully saturated rings. The van der Waals surface area contributed by atoms with Crippen molar-refractivity contribution in [2.75, 3.05) is 27.2 Å². The van der Waals surface area contributed by atoms with Gasteiger partial charge in [0.1, 0.15) is 0 Å². The van der Waals surface area contributed by atoms with E-state index in [1.807, 2.05) is 56.3 Å². The number of aryl methyl sites for hydroxylation is 1. The van der Waals surface area contributed by atoms with E-state index >= 15 is 0 Å². The number of benzene rings is 1. The van der Waals surface area contributed by atoms with Crippen LogP contribution in [0.2, 0.25) is 0 Å². The third kappa shape index (κ3) is 4.00. The Bertz CT molecular complexity index is 640. The molecule has 1 atom stereocenters. The van der Waals surface area contributed by atoms with Crippen LogP contribution in [0.1, 0.15) is 16.1 Å². The number of likely N-dealkylation sites (N-methyl/N-ethyl adjacent to an activating group) is 1. The molecule has 0 saturated carbocycles. The third-order valence-corrected chi connectivity index (χ3v) is 3.23. The molecule has 21 heavy (non-hydrogen) atoms. The Morgan fingerprint density at radius 2 is 2.10 bits per heavy atom. The minimum atomic E-state index is -0.585. The van der Waals surface area contributed by atoms with Gasteiger partial charge >= 0.3 is 0 Å².